The molecule has 6 nitrogen and oxygen atoms in total. The molecule has 6 heteroatoms. The maximum absolute atomic E-state index is 12.3. The summed E-state index contributed by atoms with van der Waals surface area (Å²) in [4.78, 5) is 25.8. The fraction of sp³-hybridized carbons (Fsp3) is 0.429. The first kappa shape index (κ1) is 12.9. The Kier molecular flexibility index (Phi) is 3.10. The minimum Gasteiger partial charge on any atom is -0.508 e. The predicted molar refractivity (Wildman–Crippen MR) is 69.9 cm³/mol. The summed E-state index contributed by atoms with van der Waals surface area (Å²) in [5.41, 5.74) is 0.861. The van der Waals surface area contributed by atoms with Gasteiger partial charge in [-0.2, -0.15) is 0 Å². The highest BCUT2D eigenvalue weighted by molar-refractivity contribution is 5.97. The van der Waals surface area contributed by atoms with E-state index < -0.39 is 18.2 Å². The van der Waals surface area contributed by atoms with Crippen molar-refractivity contribution in [1.82, 2.24) is 10.2 Å². The Morgan fingerprint density at radius 1 is 1.25 bits per heavy atom. The Morgan fingerprint density at radius 2 is 1.95 bits per heavy atom. The van der Waals surface area contributed by atoms with Gasteiger partial charge in [0.1, 0.15) is 17.8 Å². The third kappa shape index (κ3) is 2.22. The fourth-order valence-corrected chi connectivity index (χ4v) is 2.84. The van der Waals surface area contributed by atoms with Crippen LogP contribution in [0.15, 0.2) is 24.3 Å². The summed E-state index contributed by atoms with van der Waals surface area (Å²) in [5.74, 6) is -0.195. The Labute approximate surface area is 116 Å². The number of hydrogen-bond donors (Lipinski definition) is 3. The molecule has 2 aliphatic heterocycles. The molecule has 2 aliphatic rings. The molecule has 20 heavy (non-hydrogen) atoms. The number of nitrogens with zero attached hydrogens (tertiary/aromatic N) is 1. The van der Waals surface area contributed by atoms with Crippen molar-refractivity contribution in [2.24, 2.45) is 0 Å². The summed E-state index contributed by atoms with van der Waals surface area (Å²) >= 11 is 0. The lowest BCUT2D eigenvalue weighted by molar-refractivity contribution is -0.147. The van der Waals surface area contributed by atoms with Crippen LogP contribution in [0.25, 0.3) is 0 Å². The maximum atomic E-state index is 12.3. The van der Waals surface area contributed by atoms with Crippen molar-refractivity contribution >= 4 is 11.8 Å². The van der Waals surface area contributed by atoms with E-state index in [4.69, 9.17) is 0 Å². The van der Waals surface area contributed by atoms with E-state index in [0.29, 0.717) is 12.8 Å². The average molecular weight is 276 g/mol. The number of aliphatic hydroxyl groups is 1. The second-order valence-electron chi connectivity index (χ2n) is 5.33. The topological polar surface area (TPSA) is 89.9 Å². The van der Waals surface area contributed by atoms with Crippen LogP contribution in [0.5, 0.6) is 5.75 Å². The monoisotopic (exact) mass is 276 g/mol. The van der Waals surface area contributed by atoms with Gasteiger partial charge >= 0.3 is 0 Å². The number of rotatable bonds is 2. The predicted octanol–water partition coefficient (Wildman–Crippen LogP) is -0.605. The molecule has 0 spiro atoms. The van der Waals surface area contributed by atoms with Crippen molar-refractivity contribution in [1.29, 1.82) is 0 Å². The summed E-state index contributed by atoms with van der Waals surface area (Å²) in [6, 6.07) is 5.40. The zero-order chi connectivity index (χ0) is 14.3. The summed E-state index contributed by atoms with van der Waals surface area (Å²) in [6.45, 7) is 0.225. The molecular weight excluding hydrogens is 260 g/mol. The summed E-state index contributed by atoms with van der Waals surface area (Å²) in [6.07, 6.45) is 0.0651. The second-order valence-corrected chi connectivity index (χ2v) is 5.33. The third-order valence-electron chi connectivity index (χ3n) is 3.86. The Bertz CT molecular complexity index is 543. The highest BCUT2D eigenvalue weighted by Gasteiger charge is 2.45. The smallest absolute Gasteiger partial charge is 0.246 e. The minimum absolute atomic E-state index is 0.153. The number of carbonyl (C=O) groups excluding carboxylic acids is 2. The van der Waals surface area contributed by atoms with Crippen LogP contribution in [0.3, 0.4) is 0 Å². The Morgan fingerprint density at radius 3 is 2.65 bits per heavy atom. The van der Waals surface area contributed by atoms with Gasteiger partial charge in [-0.15, -0.1) is 0 Å². The van der Waals surface area contributed by atoms with E-state index in [1.807, 2.05) is 0 Å². The van der Waals surface area contributed by atoms with Crippen molar-refractivity contribution < 1.29 is 19.8 Å². The lowest BCUT2D eigenvalue weighted by atomic mass is 10.0. The number of amides is 2. The molecule has 0 aliphatic carbocycles. The van der Waals surface area contributed by atoms with Gasteiger partial charge in [-0.25, -0.2) is 0 Å². The second kappa shape index (κ2) is 4.79. The van der Waals surface area contributed by atoms with Gasteiger partial charge in [-0.05, 0) is 17.7 Å². The van der Waals surface area contributed by atoms with Crippen LogP contribution >= 0.6 is 0 Å². The molecular formula is C14H16N2O4. The molecule has 0 saturated carbocycles. The Hall–Kier alpha value is -2.08. The van der Waals surface area contributed by atoms with Crippen LogP contribution in [-0.2, 0) is 16.0 Å². The van der Waals surface area contributed by atoms with E-state index >= 15 is 0 Å². The fourth-order valence-electron chi connectivity index (χ4n) is 2.84. The van der Waals surface area contributed by atoms with Crippen molar-refractivity contribution in [2.45, 2.75) is 31.0 Å². The van der Waals surface area contributed by atoms with Crippen LogP contribution in [0.1, 0.15) is 12.0 Å². The molecule has 2 fully saturated rings. The van der Waals surface area contributed by atoms with Crippen molar-refractivity contribution in [3.05, 3.63) is 29.8 Å². The number of nitrogens with one attached hydrogen (secondary N) is 1. The minimum atomic E-state index is -0.623. The van der Waals surface area contributed by atoms with Gasteiger partial charge in [0.15, 0.2) is 0 Å². The molecule has 3 atom stereocenters. The zero-order valence-electron chi connectivity index (χ0n) is 10.8. The molecule has 3 rings (SSSR count). The third-order valence-corrected chi connectivity index (χ3v) is 3.86. The molecule has 3 N–H and O–H groups in total. The average Bonchev–Trinajstić information content (AvgIpc) is 2.81. The highest BCUT2D eigenvalue weighted by Crippen LogP contribution is 2.24. The van der Waals surface area contributed by atoms with E-state index in [9.17, 15) is 19.8 Å². The zero-order valence-corrected chi connectivity index (χ0v) is 10.8. The first-order valence-corrected chi connectivity index (χ1v) is 6.61. The quantitative estimate of drug-likeness (QED) is 0.672. The number of aromatic hydroxyl groups is 1. The molecule has 0 aromatic heterocycles. The molecule has 1 aromatic carbocycles. The standard InChI is InChI=1S/C14H16N2O4/c17-9-3-1-8(2-4-9)5-11-14(20)16-7-10(18)6-12(16)13(19)15-11/h1-4,10-12,17-18H,5-7H2,(H,15,19). The molecule has 106 valence electrons. The summed E-state index contributed by atoms with van der Waals surface area (Å²) in [7, 11) is 0. The van der Waals surface area contributed by atoms with Gasteiger partial charge < -0.3 is 20.4 Å². The number of fused-ring (bicyclic) bond motifs is 1. The maximum Gasteiger partial charge on any atom is 0.246 e. The molecule has 1 aromatic rings. The van der Waals surface area contributed by atoms with Gasteiger partial charge in [0.2, 0.25) is 11.8 Å². The van der Waals surface area contributed by atoms with Gasteiger partial charge in [-0.1, -0.05) is 12.1 Å². The molecule has 2 saturated heterocycles. The summed E-state index contributed by atoms with van der Waals surface area (Å²) in [5, 5.41) is 21.6. The van der Waals surface area contributed by atoms with Gasteiger partial charge in [-0.3, -0.25) is 9.59 Å². The van der Waals surface area contributed by atoms with Crippen LogP contribution in [0.2, 0.25) is 0 Å². The first-order chi connectivity index (χ1) is 9.54. The van der Waals surface area contributed by atoms with Crippen molar-refractivity contribution in [3.63, 3.8) is 0 Å². The van der Waals surface area contributed by atoms with Gasteiger partial charge in [0, 0.05) is 19.4 Å². The van der Waals surface area contributed by atoms with E-state index in [0.717, 1.165) is 5.56 Å². The van der Waals surface area contributed by atoms with E-state index in [-0.39, 0.29) is 24.1 Å². The molecule has 2 heterocycles. The van der Waals surface area contributed by atoms with E-state index in [2.05, 4.69) is 5.32 Å². The number of phenolic OH excluding ortho intramolecular Hbond substituents is 1. The molecule has 2 amide bonds. The first-order valence-electron chi connectivity index (χ1n) is 6.61. The normalized spacial score (nSPS) is 29.2. The largest absolute Gasteiger partial charge is 0.508 e. The van der Waals surface area contributed by atoms with E-state index in [1.54, 1.807) is 24.3 Å². The van der Waals surface area contributed by atoms with Gasteiger partial charge in [0.05, 0.1) is 6.10 Å². The number of carbonyl (C=O) groups is 2. The van der Waals surface area contributed by atoms with Crippen LogP contribution in [0, 0.1) is 0 Å². The SMILES string of the molecule is O=C1NC(Cc2ccc(O)cc2)C(=O)N2CC(O)CC12. The Balaban J connectivity index is 1.76. The van der Waals surface area contributed by atoms with E-state index in [1.165, 1.54) is 4.90 Å². The molecule has 0 radical (unpaired) electrons. The highest BCUT2D eigenvalue weighted by atomic mass is 16.3. The number of phenols is 1. The number of aliphatic hydroxyl groups excluding tert-OH is 1. The van der Waals surface area contributed by atoms with Crippen LogP contribution in [0.4, 0.5) is 0 Å². The number of benzene rings is 1. The lowest BCUT2D eigenvalue weighted by Gasteiger charge is -2.34. The van der Waals surface area contributed by atoms with Crippen molar-refractivity contribution in [2.75, 3.05) is 6.54 Å². The number of hydrogen-bond acceptors (Lipinski definition) is 4. The number of piperazine rings is 1. The molecule has 0 bridgehead atoms. The molecule has 3 unspecified atom stereocenters. The summed E-state index contributed by atoms with van der Waals surface area (Å²) < 4.78 is 0. The van der Waals surface area contributed by atoms with Crippen molar-refractivity contribution in [3.8, 4) is 5.75 Å². The van der Waals surface area contributed by atoms with Crippen LogP contribution < -0.4 is 5.32 Å². The lowest BCUT2D eigenvalue weighted by Crippen LogP contribution is -2.61. The van der Waals surface area contributed by atoms with Gasteiger partial charge in [0.25, 0.3) is 0 Å². The van der Waals surface area contributed by atoms with Crippen LogP contribution in [-0.4, -0.2) is 51.7 Å².